The Morgan fingerprint density at radius 1 is 1.35 bits per heavy atom. The second-order valence-electron chi connectivity index (χ2n) is 3.90. The zero-order valence-electron chi connectivity index (χ0n) is 9.98. The molecule has 5 nitrogen and oxygen atoms in total. The van der Waals surface area contributed by atoms with E-state index in [1.807, 2.05) is 0 Å². The van der Waals surface area contributed by atoms with Crippen molar-refractivity contribution in [2.75, 3.05) is 0 Å². The second-order valence-corrected chi connectivity index (χ2v) is 3.90. The number of alkyl halides is 3. The summed E-state index contributed by atoms with van der Waals surface area (Å²) in [4.78, 5) is 18.3. The minimum atomic E-state index is -4.98. The van der Waals surface area contributed by atoms with E-state index >= 15 is 0 Å². The fourth-order valence-corrected chi connectivity index (χ4v) is 1.38. The van der Waals surface area contributed by atoms with Crippen LogP contribution < -0.4 is 0 Å². The van der Waals surface area contributed by atoms with Crippen molar-refractivity contribution < 1.29 is 26.9 Å². The fraction of sp³-hybridized carbons (Fsp3) is 0.273. The van der Waals surface area contributed by atoms with E-state index in [9.17, 15) is 22.4 Å². The van der Waals surface area contributed by atoms with Crippen molar-refractivity contribution in [3.63, 3.8) is 0 Å². The third-order valence-electron chi connectivity index (χ3n) is 2.44. The molecule has 0 bridgehead atoms. The van der Waals surface area contributed by atoms with Crippen molar-refractivity contribution in [3.05, 3.63) is 30.0 Å². The molecule has 1 atom stereocenters. The Morgan fingerprint density at radius 2 is 2.05 bits per heavy atom. The van der Waals surface area contributed by atoms with Gasteiger partial charge in [0.15, 0.2) is 0 Å². The van der Waals surface area contributed by atoms with E-state index in [-0.39, 0.29) is 11.5 Å². The monoisotopic (exact) mass is 289 g/mol. The zero-order valence-corrected chi connectivity index (χ0v) is 9.98. The van der Waals surface area contributed by atoms with Crippen molar-refractivity contribution in [1.82, 2.24) is 15.1 Å². The Morgan fingerprint density at radius 3 is 2.60 bits per heavy atom. The van der Waals surface area contributed by atoms with Crippen LogP contribution in [0.25, 0.3) is 11.5 Å². The molecule has 2 aromatic heterocycles. The van der Waals surface area contributed by atoms with E-state index in [0.29, 0.717) is 0 Å². The minimum absolute atomic E-state index is 0.119. The molecule has 9 heteroatoms. The molecule has 2 heterocycles. The van der Waals surface area contributed by atoms with E-state index in [0.717, 1.165) is 19.2 Å². The maximum absolute atomic E-state index is 12.7. The summed E-state index contributed by atoms with van der Waals surface area (Å²) in [7, 11) is 0. The van der Waals surface area contributed by atoms with Crippen molar-refractivity contribution in [2.45, 2.75) is 19.0 Å². The number of nitrogens with zero attached hydrogens (tertiary/aromatic N) is 3. The Labute approximate surface area is 109 Å². The number of rotatable bonds is 3. The van der Waals surface area contributed by atoms with Crippen LogP contribution in [0.1, 0.15) is 18.7 Å². The molecule has 0 N–H and O–H groups in total. The van der Waals surface area contributed by atoms with Crippen molar-refractivity contribution in [3.8, 4) is 11.5 Å². The maximum atomic E-state index is 12.7. The number of carbonyl (C=O) groups excluding carboxylic acids is 1. The topological polar surface area (TPSA) is 68.9 Å². The first-order chi connectivity index (χ1) is 9.29. The van der Waals surface area contributed by atoms with Gasteiger partial charge in [0, 0.05) is 0 Å². The quantitative estimate of drug-likeness (QED) is 0.812. The van der Waals surface area contributed by atoms with Crippen molar-refractivity contribution >= 4 is 5.78 Å². The zero-order chi connectivity index (χ0) is 14.9. The van der Waals surface area contributed by atoms with Crippen molar-refractivity contribution in [2.24, 2.45) is 0 Å². The number of Topliss-reactive ketones (excluding diaryl/α,β-unsaturated/α-hetero) is 1. The summed E-state index contributed by atoms with van der Waals surface area (Å²) in [5, 5.41) is 3.41. The SMILES string of the molecule is CC(C(=O)C(F)(F)F)c1nc(-c2ccc(F)cn2)no1. The molecule has 0 aromatic carbocycles. The number of ketones is 1. The molecular formula is C11H7F4N3O2. The average Bonchev–Trinajstić information content (AvgIpc) is 2.86. The van der Waals surface area contributed by atoms with Crippen LogP contribution >= 0.6 is 0 Å². The highest BCUT2D eigenvalue weighted by Gasteiger charge is 2.44. The molecule has 20 heavy (non-hydrogen) atoms. The fourth-order valence-electron chi connectivity index (χ4n) is 1.38. The van der Waals surface area contributed by atoms with Gasteiger partial charge in [0.1, 0.15) is 17.4 Å². The Kier molecular flexibility index (Phi) is 3.51. The van der Waals surface area contributed by atoms with Crippen LogP contribution in [0.2, 0.25) is 0 Å². The number of hydrogen-bond acceptors (Lipinski definition) is 5. The molecule has 1 unspecified atom stereocenters. The average molecular weight is 289 g/mol. The normalized spacial score (nSPS) is 13.2. The highest BCUT2D eigenvalue weighted by Crippen LogP contribution is 2.27. The first kappa shape index (κ1) is 14.1. The predicted octanol–water partition coefficient (Wildman–Crippen LogP) is 2.51. The highest BCUT2D eigenvalue weighted by molar-refractivity contribution is 5.89. The molecule has 0 saturated heterocycles. The Bertz CT molecular complexity index is 621. The van der Waals surface area contributed by atoms with Crippen LogP contribution in [0.3, 0.4) is 0 Å². The lowest BCUT2D eigenvalue weighted by atomic mass is 10.1. The van der Waals surface area contributed by atoms with Gasteiger partial charge in [0.25, 0.3) is 0 Å². The second kappa shape index (κ2) is 4.99. The number of hydrogen-bond donors (Lipinski definition) is 0. The molecule has 0 amide bonds. The molecule has 0 radical (unpaired) electrons. The van der Waals surface area contributed by atoms with Gasteiger partial charge in [-0.1, -0.05) is 5.16 Å². The molecule has 0 saturated carbocycles. The molecule has 106 valence electrons. The first-order valence-electron chi connectivity index (χ1n) is 5.35. The number of pyridine rings is 1. The minimum Gasteiger partial charge on any atom is -0.338 e. The van der Waals surface area contributed by atoms with Gasteiger partial charge in [-0.25, -0.2) is 9.37 Å². The lowest BCUT2D eigenvalue weighted by molar-refractivity contribution is -0.172. The third kappa shape index (κ3) is 2.81. The Hall–Kier alpha value is -2.32. The highest BCUT2D eigenvalue weighted by atomic mass is 19.4. The molecule has 0 aliphatic rings. The largest absolute Gasteiger partial charge is 0.450 e. The van der Waals surface area contributed by atoms with Crippen molar-refractivity contribution in [1.29, 1.82) is 0 Å². The summed E-state index contributed by atoms with van der Waals surface area (Å²) in [6.07, 6.45) is -4.09. The van der Waals surface area contributed by atoms with Gasteiger partial charge in [-0.15, -0.1) is 0 Å². The molecule has 0 aliphatic carbocycles. The standard InChI is InChI=1S/C11H7F4N3O2/c1-5(8(19)11(13,14)15)10-17-9(18-20-10)7-3-2-6(12)4-16-7/h2-5H,1H3. The molecule has 0 fully saturated rings. The molecule has 2 rings (SSSR count). The summed E-state index contributed by atoms with van der Waals surface area (Å²) in [5.74, 6) is -4.79. The summed E-state index contributed by atoms with van der Waals surface area (Å²) < 4.78 is 54.1. The lowest BCUT2D eigenvalue weighted by Crippen LogP contribution is -2.27. The van der Waals surface area contributed by atoms with Gasteiger partial charge in [0.05, 0.1) is 6.20 Å². The van der Waals surface area contributed by atoms with Crippen LogP contribution in [0.4, 0.5) is 17.6 Å². The smallest absolute Gasteiger partial charge is 0.338 e. The summed E-state index contributed by atoms with van der Waals surface area (Å²) in [6, 6.07) is 2.32. The molecular weight excluding hydrogens is 282 g/mol. The van der Waals surface area contributed by atoms with Gasteiger partial charge >= 0.3 is 6.18 Å². The van der Waals surface area contributed by atoms with Gasteiger partial charge in [-0.05, 0) is 19.1 Å². The third-order valence-corrected chi connectivity index (χ3v) is 2.44. The number of aromatic nitrogens is 3. The van der Waals surface area contributed by atoms with E-state index in [4.69, 9.17) is 0 Å². The first-order valence-corrected chi connectivity index (χ1v) is 5.35. The van der Waals surface area contributed by atoms with Gasteiger partial charge in [0.2, 0.25) is 17.5 Å². The van der Waals surface area contributed by atoms with Crippen LogP contribution in [-0.4, -0.2) is 27.1 Å². The van der Waals surface area contributed by atoms with E-state index < -0.39 is 29.6 Å². The number of carbonyl (C=O) groups is 1. The van der Waals surface area contributed by atoms with Crippen LogP contribution in [0.15, 0.2) is 22.9 Å². The van der Waals surface area contributed by atoms with Gasteiger partial charge in [-0.2, -0.15) is 18.2 Å². The van der Waals surface area contributed by atoms with Gasteiger partial charge in [-0.3, -0.25) is 4.79 Å². The van der Waals surface area contributed by atoms with Crippen LogP contribution in [0.5, 0.6) is 0 Å². The summed E-state index contributed by atoms with van der Waals surface area (Å²) in [6.45, 7) is 1.01. The lowest BCUT2D eigenvalue weighted by Gasteiger charge is -2.08. The number of halogens is 4. The molecule has 0 aliphatic heterocycles. The van der Waals surface area contributed by atoms with E-state index in [1.54, 1.807) is 0 Å². The predicted molar refractivity (Wildman–Crippen MR) is 57.0 cm³/mol. The summed E-state index contributed by atoms with van der Waals surface area (Å²) >= 11 is 0. The van der Waals surface area contributed by atoms with Gasteiger partial charge < -0.3 is 4.52 Å². The Balaban J connectivity index is 2.25. The summed E-state index contributed by atoms with van der Waals surface area (Å²) in [5.41, 5.74) is 0.119. The van der Waals surface area contributed by atoms with Crippen LogP contribution in [0, 0.1) is 5.82 Å². The van der Waals surface area contributed by atoms with E-state index in [2.05, 4.69) is 19.6 Å². The van der Waals surface area contributed by atoms with Crippen LogP contribution in [-0.2, 0) is 4.79 Å². The maximum Gasteiger partial charge on any atom is 0.450 e. The molecule has 0 spiro atoms. The molecule has 2 aromatic rings. The van der Waals surface area contributed by atoms with E-state index in [1.165, 1.54) is 6.07 Å².